The molecule has 0 saturated carbocycles. The highest BCUT2D eigenvalue weighted by Crippen LogP contribution is 2.12. The molecule has 0 saturated heterocycles. The van der Waals surface area contributed by atoms with Crippen molar-refractivity contribution in [2.24, 2.45) is 0 Å². The van der Waals surface area contributed by atoms with Crippen LogP contribution in [0, 0.1) is 11.6 Å². The maximum Gasteiger partial charge on any atom is 0.243 e. The third-order valence-electron chi connectivity index (χ3n) is 2.53. The molecule has 0 bridgehead atoms. The maximum atomic E-state index is 13.0. The van der Waals surface area contributed by atoms with Crippen molar-refractivity contribution >= 4 is 17.5 Å². The first-order chi connectivity index (χ1) is 10.0. The molecule has 8 heteroatoms. The van der Waals surface area contributed by atoms with Crippen LogP contribution < -0.4 is 10.6 Å². The SMILES string of the molecule is O=C(Cn1ccnc1)NCC(=O)Nc1ccc(F)c(F)c1. The minimum atomic E-state index is -1.06. The highest BCUT2D eigenvalue weighted by atomic mass is 19.2. The molecule has 0 aliphatic carbocycles. The molecule has 6 nitrogen and oxygen atoms in total. The average Bonchev–Trinajstić information content (AvgIpc) is 2.93. The Kier molecular flexibility index (Phi) is 4.60. The summed E-state index contributed by atoms with van der Waals surface area (Å²) in [7, 11) is 0. The monoisotopic (exact) mass is 294 g/mol. The van der Waals surface area contributed by atoms with Crippen molar-refractivity contribution in [3.63, 3.8) is 0 Å². The van der Waals surface area contributed by atoms with Crippen LogP contribution >= 0.6 is 0 Å². The molecule has 0 radical (unpaired) electrons. The first-order valence-corrected chi connectivity index (χ1v) is 6.02. The Labute approximate surface area is 118 Å². The van der Waals surface area contributed by atoms with Crippen molar-refractivity contribution in [2.75, 3.05) is 11.9 Å². The van der Waals surface area contributed by atoms with E-state index < -0.39 is 17.5 Å². The van der Waals surface area contributed by atoms with E-state index in [0.717, 1.165) is 12.1 Å². The van der Waals surface area contributed by atoms with E-state index in [1.165, 1.54) is 18.6 Å². The molecule has 0 atom stereocenters. The van der Waals surface area contributed by atoms with Gasteiger partial charge in [0.1, 0.15) is 6.54 Å². The molecular weight excluding hydrogens is 282 g/mol. The summed E-state index contributed by atoms with van der Waals surface area (Å²) < 4.78 is 27.2. The lowest BCUT2D eigenvalue weighted by molar-refractivity contribution is -0.124. The summed E-state index contributed by atoms with van der Waals surface area (Å²) in [5.41, 5.74) is 0.114. The van der Waals surface area contributed by atoms with Crippen LogP contribution in [0.15, 0.2) is 36.9 Å². The summed E-state index contributed by atoms with van der Waals surface area (Å²) in [6.07, 6.45) is 4.62. The van der Waals surface area contributed by atoms with Gasteiger partial charge in [-0.05, 0) is 12.1 Å². The number of anilines is 1. The molecule has 1 heterocycles. The van der Waals surface area contributed by atoms with Crippen LogP contribution in [0.5, 0.6) is 0 Å². The Bertz CT molecular complexity index is 644. The Balaban J connectivity index is 1.79. The summed E-state index contributed by atoms with van der Waals surface area (Å²) in [4.78, 5) is 26.9. The summed E-state index contributed by atoms with van der Waals surface area (Å²) in [6.45, 7) is -0.231. The molecule has 0 aliphatic rings. The summed E-state index contributed by atoms with van der Waals surface area (Å²) in [5, 5.41) is 4.74. The van der Waals surface area contributed by atoms with Crippen LogP contribution in [0.1, 0.15) is 0 Å². The lowest BCUT2D eigenvalue weighted by Gasteiger charge is -2.07. The normalized spacial score (nSPS) is 10.2. The van der Waals surface area contributed by atoms with Gasteiger partial charge < -0.3 is 15.2 Å². The van der Waals surface area contributed by atoms with E-state index in [-0.39, 0.29) is 24.7 Å². The van der Waals surface area contributed by atoms with Crippen LogP contribution in [-0.4, -0.2) is 27.9 Å². The third-order valence-corrected chi connectivity index (χ3v) is 2.53. The maximum absolute atomic E-state index is 13.0. The molecule has 21 heavy (non-hydrogen) atoms. The molecular formula is C13H12F2N4O2. The predicted octanol–water partition coefficient (Wildman–Crippen LogP) is 0.916. The molecule has 2 amide bonds. The fourth-order valence-electron chi connectivity index (χ4n) is 1.56. The van der Waals surface area contributed by atoms with Crippen molar-refractivity contribution in [2.45, 2.75) is 6.54 Å². The van der Waals surface area contributed by atoms with E-state index in [1.807, 2.05) is 0 Å². The fraction of sp³-hybridized carbons (Fsp3) is 0.154. The van der Waals surface area contributed by atoms with Crippen LogP contribution in [0.3, 0.4) is 0 Å². The van der Waals surface area contributed by atoms with Gasteiger partial charge in [0.05, 0.1) is 12.9 Å². The second kappa shape index (κ2) is 6.60. The number of aromatic nitrogens is 2. The number of carbonyl (C=O) groups excluding carboxylic acids is 2. The molecule has 0 fully saturated rings. The van der Waals surface area contributed by atoms with Crippen molar-refractivity contribution in [1.82, 2.24) is 14.9 Å². The van der Waals surface area contributed by atoms with Gasteiger partial charge in [-0.3, -0.25) is 9.59 Å². The Morgan fingerprint density at radius 1 is 1.19 bits per heavy atom. The summed E-state index contributed by atoms with van der Waals surface area (Å²) in [6, 6.07) is 2.99. The first kappa shape index (κ1) is 14.6. The first-order valence-electron chi connectivity index (χ1n) is 6.02. The molecule has 0 aliphatic heterocycles. The van der Waals surface area contributed by atoms with Gasteiger partial charge in [0.2, 0.25) is 11.8 Å². The largest absolute Gasteiger partial charge is 0.345 e. The van der Waals surface area contributed by atoms with Gasteiger partial charge in [0, 0.05) is 24.1 Å². The summed E-state index contributed by atoms with van der Waals surface area (Å²) in [5.74, 6) is -2.97. The molecule has 0 unspecified atom stereocenters. The Hall–Kier alpha value is -2.77. The van der Waals surface area contributed by atoms with Crippen molar-refractivity contribution < 1.29 is 18.4 Å². The average molecular weight is 294 g/mol. The number of carbonyl (C=O) groups is 2. The van der Waals surface area contributed by atoms with Gasteiger partial charge in [0.15, 0.2) is 11.6 Å². The van der Waals surface area contributed by atoms with E-state index >= 15 is 0 Å². The molecule has 110 valence electrons. The lowest BCUT2D eigenvalue weighted by atomic mass is 10.3. The number of benzene rings is 1. The second-order valence-electron chi connectivity index (χ2n) is 4.19. The number of halogens is 2. The zero-order chi connectivity index (χ0) is 15.2. The lowest BCUT2D eigenvalue weighted by Crippen LogP contribution is -2.34. The minimum Gasteiger partial charge on any atom is -0.345 e. The number of rotatable bonds is 5. The molecule has 1 aromatic heterocycles. The van der Waals surface area contributed by atoms with Gasteiger partial charge in [-0.25, -0.2) is 13.8 Å². The third kappa shape index (κ3) is 4.37. The molecule has 0 spiro atoms. The number of nitrogens with zero attached hydrogens (tertiary/aromatic N) is 2. The molecule has 2 N–H and O–H groups in total. The van der Waals surface area contributed by atoms with E-state index in [0.29, 0.717) is 0 Å². The Morgan fingerprint density at radius 2 is 2.00 bits per heavy atom. The zero-order valence-electron chi connectivity index (χ0n) is 10.8. The number of imidazole rings is 1. The van der Waals surface area contributed by atoms with Gasteiger partial charge >= 0.3 is 0 Å². The number of hydrogen-bond acceptors (Lipinski definition) is 3. The van der Waals surface area contributed by atoms with Gasteiger partial charge in [-0.15, -0.1) is 0 Å². The van der Waals surface area contributed by atoms with Crippen LogP contribution in [-0.2, 0) is 16.1 Å². The highest BCUT2D eigenvalue weighted by molar-refractivity contribution is 5.94. The fourth-order valence-corrected chi connectivity index (χ4v) is 1.56. The predicted molar refractivity (Wildman–Crippen MR) is 70.2 cm³/mol. The number of hydrogen-bond donors (Lipinski definition) is 2. The highest BCUT2D eigenvalue weighted by Gasteiger charge is 2.08. The number of amides is 2. The molecule has 1 aromatic carbocycles. The number of nitrogens with one attached hydrogen (secondary N) is 2. The standard InChI is InChI=1S/C13H12F2N4O2/c14-10-2-1-9(5-11(10)15)18-12(20)6-17-13(21)7-19-4-3-16-8-19/h1-5,8H,6-7H2,(H,17,21)(H,18,20). The van der Waals surface area contributed by atoms with Gasteiger partial charge in [-0.1, -0.05) is 0 Å². The minimum absolute atomic E-state index is 0.0401. The van der Waals surface area contributed by atoms with E-state index in [4.69, 9.17) is 0 Å². The van der Waals surface area contributed by atoms with Gasteiger partial charge in [0.25, 0.3) is 0 Å². The quantitative estimate of drug-likeness (QED) is 0.861. The van der Waals surface area contributed by atoms with Crippen molar-refractivity contribution in [3.8, 4) is 0 Å². The Morgan fingerprint density at radius 3 is 2.67 bits per heavy atom. The second-order valence-corrected chi connectivity index (χ2v) is 4.19. The van der Waals surface area contributed by atoms with E-state index in [2.05, 4.69) is 15.6 Å². The van der Waals surface area contributed by atoms with Gasteiger partial charge in [-0.2, -0.15) is 0 Å². The topological polar surface area (TPSA) is 76.0 Å². The summed E-state index contributed by atoms with van der Waals surface area (Å²) >= 11 is 0. The van der Waals surface area contributed by atoms with E-state index in [1.54, 1.807) is 10.8 Å². The molecule has 2 rings (SSSR count). The zero-order valence-corrected chi connectivity index (χ0v) is 10.8. The van der Waals surface area contributed by atoms with Crippen LogP contribution in [0.25, 0.3) is 0 Å². The van der Waals surface area contributed by atoms with Crippen LogP contribution in [0.2, 0.25) is 0 Å². The van der Waals surface area contributed by atoms with Crippen molar-refractivity contribution in [3.05, 3.63) is 48.6 Å². The van der Waals surface area contributed by atoms with E-state index in [9.17, 15) is 18.4 Å². The van der Waals surface area contributed by atoms with Crippen LogP contribution in [0.4, 0.5) is 14.5 Å². The van der Waals surface area contributed by atoms with Crippen molar-refractivity contribution in [1.29, 1.82) is 0 Å². The molecule has 2 aromatic rings. The smallest absolute Gasteiger partial charge is 0.243 e.